The number of nitrogens with zero attached hydrogens (tertiary/aromatic N) is 1. The van der Waals surface area contributed by atoms with E-state index in [2.05, 4.69) is 22.6 Å². The zero-order valence-electron chi connectivity index (χ0n) is 16.4. The van der Waals surface area contributed by atoms with Crippen LogP contribution in [0.2, 0.25) is 0 Å². The molecule has 0 bridgehead atoms. The number of amides is 1. The summed E-state index contributed by atoms with van der Waals surface area (Å²) in [5.41, 5.74) is 10.5. The molecule has 1 aromatic carbocycles. The molecule has 1 amide bonds. The van der Waals surface area contributed by atoms with E-state index < -0.39 is 6.10 Å². The van der Waals surface area contributed by atoms with Gasteiger partial charge in [0, 0.05) is 49.8 Å². The second-order valence-electron chi connectivity index (χ2n) is 7.31. The highest BCUT2D eigenvalue weighted by Crippen LogP contribution is 2.17. The van der Waals surface area contributed by atoms with Gasteiger partial charge in [-0.05, 0) is 43.4 Å². The quantitative estimate of drug-likeness (QED) is 0.281. The number of carbonyl (C=O) groups is 2. The van der Waals surface area contributed by atoms with Crippen molar-refractivity contribution in [1.29, 1.82) is 0 Å². The van der Waals surface area contributed by atoms with Crippen LogP contribution >= 0.6 is 0 Å². The summed E-state index contributed by atoms with van der Waals surface area (Å²) >= 11 is 0. The van der Waals surface area contributed by atoms with Gasteiger partial charge in [0.25, 0.3) is 0 Å². The number of carbonyl (C=O) groups excluding carboxylic acids is 2. The molecule has 7 nitrogen and oxygen atoms in total. The zero-order valence-corrected chi connectivity index (χ0v) is 16.4. The van der Waals surface area contributed by atoms with Gasteiger partial charge in [-0.15, -0.1) is 0 Å². The molecule has 5 N–H and O–H groups in total. The first-order valence-electron chi connectivity index (χ1n) is 9.66. The largest absolute Gasteiger partial charge is 0.391 e. The first-order valence-corrected chi connectivity index (χ1v) is 9.66. The van der Waals surface area contributed by atoms with Crippen LogP contribution in [0.1, 0.15) is 53.6 Å². The van der Waals surface area contributed by atoms with Gasteiger partial charge in [-0.2, -0.15) is 0 Å². The number of hydrazine groups is 1. The number of aliphatic hydroxyl groups is 1. The van der Waals surface area contributed by atoms with E-state index in [0.29, 0.717) is 43.6 Å². The number of nitrogens with two attached hydrogens (primary N) is 1. The lowest BCUT2D eigenvalue weighted by Gasteiger charge is -2.27. The molecule has 1 aliphatic rings. The Morgan fingerprint density at radius 3 is 2.75 bits per heavy atom. The van der Waals surface area contributed by atoms with Crippen molar-refractivity contribution in [3.05, 3.63) is 34.9 Å². The van der Waals surface area contributed by atoms with Gasteiger partial charge >= 0.3 is 0 Å². The number of aldehydes is 1. The Bertz CT molecular complexity index is 705. The van der Waals surface area contributed by atoms with Crippen molar-refractivity contribution in [3.8, 4) is 11.8 Å². The van der Waals surface area contributed by atoms with Gasteiger partial charge in [0.2, 0.25) is 6.41 Å². The first kappa shape index (κ1) is 22.1. The lowest BCUT2D eigenvalue weighted by molar-refractivity contribution is -0.113. The summed E-state index contributed by atoms with van der Waals surface area (Å²) in [7, 11) is 1.71. The average molecular weight is 386 g/mol. The van der Waals surface area contributed by atoms with E-state index in [9.17, 15) is 14.7 Å². The van der Waals surface area contributed by atoms with Gasteiger partial charge in [0.15, 0.2) is 0 Å². The third-order valence-corrected chi connectivity index (χ3v) is 4.93. The average Bonchev–Trinajstić information content (AvgIpc) is 2.68. The van der Waals surface area contributed by atoms with Gasteiger partial charge in [0.05, 0.1) is 6.10 Å². The van der Waals surface area contributed by atoms with Crippen molar-refractivity contribution in [1.82, 2.24) is 15.8 Å². The Labute approximate surface area is 166 Å². The van der Waals surface area contributed by atoms with Crippen molar-refractivity contribution < 1.29 is 14.7 Å². The van der Waals surface area contributed by atoms with E-state index in [-0.39, 0.29) is 0 Å². The molecule has 1 atom stereocenters. The Hall–Kier alpha value is -2.24. The van der Waals surface area contributed by atoms with Gasteiger partial charge in [-0.3, -0.25) is 15.0 Å². The van der Waals surface area contributed by atoms with Gasteiger partial charge in [-0.1, -0.05) is 17.9 Å². The molecule has 1 aromatic rings. The van der Waals surface area contributed by atoms with Crippen LogP contribution in [0.15, 0.2) is 18.2 Å². The van der Waals surface area contributed by atoms with Crippen LogP contribution in [-0.2, 0) is 11.3 Å². The van der Waals surface area contributed by atoms with E-state index in [0.717, 1.165) is 43.1 Å². The second-order valence-corrected chi connectivity index (χ2v) is 7.31. The Kier molecular flexibility index (Phi) is 9.11. The maximum Gasteiger partial charge on any atom is 0.221 e. The van der Waals surface area contributed by atoms with Crippen molar-refractivity contribution in [2.24, 2.45) is 5.73 Å². The van der Waals surface area contributed by atoms with Crippen LogP contribution < -0.4 is 16.5 Å². The maximum absolute atomic E-state index is 11.2. The van der Waals surface area contributed by atoms with Gasteiger partial charge in [0.1, 0.15) is 6.29 Å². The summed E-state index contributed by atoms with van der Waals surface area (Å²) in [5.74, 6) is 6.04. The Balaban J connectivity index is 1.86. The fraction of sp³-hybridized carbons (Fsp3) is 0.524. The Morgan fingerprint density at radius 2 is 2.07 bits per heavy atom. The van der Waals surface area contributed by atoms with Crippen molar-refractivity contribution in [3.63, 3.8) is 0 Å². The summed E-state index contributed by atoms with van der Waals surface area (Å²) in [6, 6.07) is 6.07. The predicted molar refractivity (Wildman–Crippen MR) is 108 cm³/mol. The normalized spacial score (nSPS) is 20.1. The second kappa shape index (κ2) is 11.6. The standard InChI is InChI=1S/C21H30N4O3/c1-25(24-15-27)13-18-11-16(5-6-17(18)14-26)3-2-4-21(28)12-23-20-9-7-19(22)8-10-20/h5-6,11,14-15,19-21,23,28H,4,7-10,12-13,22H2,1H3,(H,24,27). The van der Waals surface area contributed by atoms with Crippen LogP contribution in [0.4, 0.5) is 0 Å². The minimum atomic E-state index is -0.528. The molecule has 1 aliphatic carbocycles. The van der Waals surface area contributed by atoms with Crippen molar-refractivity contribution >= 4 is 12.7 Å². The topological polar surface area (TPSA) is 108 Å². The highest BCUT2D eigenvalue weighted by atomic mass is 16.3. The molecule has 0 saturated heterocycles. The molecular weight excluding hydrogens is 356 g/mol. The summed E-state index contributed by atoms with van der Waals surface area (Å²) in [6.45, 7) is 0.909. The number of nitrogens with one attached hydrogen (secondary N) is 2. The molecule has 0 aliphatic heterocycles. The molecular formula is C21H30N4O3. The molecule has 7 heteroatoms. The van der Waals surface area contributed by atoms with Crippen LogP contribution in [0.5, 0.6) is 0 Å². The third-order valence-electron chi connectivity index (χ3n) is 4.93. The van der Waals surface area contributed by atoms with E-state index in [1.807, 2.05) is 6.07 Å². The monoisotopic (exact) mass is 386 g/mol. The predicted octanol–water partition coefficient (Wildman–Crippen LogP) is 0.554. The minimum Gasteiger partial charge on any atom is -0.391 e. The number of aliphatic hydroxyl groups excluding tert-OH is 1. The van der Waals surface area contributed by atoms with E-state index in [1.54, 1.807) is 24.2 Å². The SMILES string of the molecule is CN(Cc1cc(C#CCC(O)CNC2CCC(N)CC2)ccc1C=O)NC=O. The highest BCUT2D eigenvalue weighted by Gasteiger charge is 2.18. The molecule has 0 spiro atoms. The van der Waals surface area contributed by atoms with Gasteiger partial charge in [-0.25, -0.2) is 5.01 Å². The van der Waals surface area contributed by atoms with Crippen LogP contribution in [0.25, 0.3) is 0 Å². The summed E-state index contributed by atoms with van der Waals surface area (Å²) < 4.78 is 0. The van der Waals surface area contributed by atoms with Crippen LogP contribution in [0.3, 0.4) is 0 Å². The van der Waals surface area contributed by atoms with Crippen molar-refractivity contribution in [2.75, 3.05) is 13.6 Å². The molecule has 1 saturated carbocycles. The molecule has 0 aromatic heterocycles. The fourth-order valence-corrected chi connectivity index (χ4v) is 3.30. The van der Waals surface area contributed by atoms with Gasteiger partial charge < -0.3 is 16.2 Å². The maximum atomic E-state index is 11.2. The molecule has 28 heavy (non-hydrogen) atoms. The Morgan fingerprint density at radius 1 is 1.32 bits per heavy atom. The summed E-state index contributed by atoms with van der Waals surface area (Å²) in [5, 5.41) is 15.1. The molecule has 2 rings (SSSR count). The molecule has 152 valence electrons. The number of hydrogen-bond donors (Lipinski definition) is 4. The zero-order chi connectivity index (χ0) is 20.4. The first-order chi connectivity index (χ1) is 13.5. The molecule has 0 radical (unpaired) electrons. The summed E-state index contributed by atoms with van der Waals surface area (Å²) in [4.78, 5) is 21.7. The van der Waals surface area contributed by atoms with Crippen molar-refractivity contribution in [2.45, 2.75) is 56.8 Å². The van der Waals surface area contributed by atoms with Crippen LogP contribution in [0, 0.1) is 11.8 Å². The summed E-state index contributed by atoms with van der Waals surface area (Å²) in [6.07, 6.45) is 5.39. The number of benzene rings is 1. The molecule has 0 heterocycles. The van der Waals surface area contributed by atoms with E-state index >= 15 is 0 Å². The number of rotatable bonds is 9. The molecule has 1 fully saturated rings. The lowest BCUT2D eigenvalue weighted by Crippen LogP contribution is -2.40. The smallest absolute Gasteiger partial charge is 0.221 e. The highest BCUT2D eigenvalue weighted by molar-refractivity contribution is 5.77. The molecule has 1 unspecified atom stereocenters. The third kappa shape index (κ3) is 7.41. The lowest BCUT2D eigenvalue weighted by atomic mass is 9.92. The van der Waals surface area contributed by atoms with E-state index in [4.69, 9.17) is 5.73 Å². The van der Waals surface area contributed by atoms with Crippen LogP contribution in [-0.4, -0.2) is 54.6 Å². The minimum absolute atomic E-state index is 0.318. The van der Waals surface area contributed by atoms with E-state index in [1.165, 1.54) is 0 Å². The fourth-order valence-electron chi connectivity index (χ4n) is 3.30. The number of hydrogen-bond acceptors (Lipinski definition) is 6.